The molecule has 6 heteroatoms. The van der Waals surface area contributed by atoms with Crippen LogP contribution >= 0.6 is 0 Å². The molecule has 0 spiro atoms. The van der Waals surface area contributed by atoms with E-state index in [9.17, 15) is 9.59 Å². The van der Waals surface area contributed by atoms with Crippen molar-refractivity contribution in [3.05, 3.63) is 18.3 Å². The van der Waals surface area contributed by atoms with Crippen LogP contribution in [0.25, 0.3) is 0 Å². The van der Waals surface area contributed by atoms with Gasteiger partial charge in [-0.2, -0.15) is 0 Å². The van der Waals surface area contributed by atoms with Gasteiger partial charge in [0.2, 0.25) is 0 Å². The molecule has 17 heavy (non-hydrogen) atoms. The lowest BCUT2D eigenvalue weighted by Gasteiger charge is -2.24. The predicted octanol–water partition coefficient (Wildman–Crippen LogP) is 1.04. The minimum atomic E-state index is -0.872. The summed E-state index contributed by atoms with van der Waals surface area (Å²) in [5.74, 6) is -0.218. The molecule has 0 bridgehead atoms. The molecule has 1 aliphatic rings. The number of hydrogen-bond acceptors (Lipinski definition) is 4. The zero-order valence-corrected chi connectivity index (χ0v) is 9.05. The van der Waals surface area contributed by atoms with E-state index in [1.165, 1.54) is 0 Å². The van der Waals surface area contributed by atoms with E-state index in [4.69, 9.17) is 9.84 Å². The maximum absolute atomic E-state index is 11.6. The molecule has 0 aliphatic carbocycles. The van der Waals surface area contributed by atoms with E-state index in [-0.39, 0.29) is 12.3 Å². The van der Waals surface area contributed by atoms with Crippen molar-refractivity contribution in [2.45, 2.75) is 25.4 Å². The lowest BCUT2D eigenvalue weighted by Crippen LogP contribution is -2.37. The van der Waals surface area contributed by atoms with Gasteiger partial charge in [-0.25, -0.2) is 4.98 Å². The summed E-state index contributed by atoms with van der Waals surface area (Å²) < 4.78 is 5.46. The van der Waals surface area contributed by atoms with Gasteiger partial charge in [0, 0.05) is 12.6 Å². The molecule has 0 aromatic carbocycles. The van der Waals surface area contributed by atoms with E-state index in [0.29, 0.717) is 24.4 Å². The summed E-state index contributed by atoms with van der Waals surface area (Å²) >= 11 is 0. The number of rotatable bonds is 4. The third-order valence-corrected chi connectivity index (χ3v) is 2.43. The maximum Gasteiger partial charge on any atom is 0.303 e. The summed E-state index contributed by atoms with van der Waals surface area (Å²) in [6, 6.07) is 3.43. The lowest BCUT2D eigenvalue weighted by molar-refractivity contribution is -0.137. The zero-order valence-electron chi connectivity index (χ0n) is 9.05. The first-order chi connectivity index (χ1) is 8.16. The lowest BCUT2D eigenvalue weighted by atomic mass is 10.1. The Bertz CT molecular complexity index is 447. The molecule has 1 unspecified atom stereocenters. The number of amides is 1. The maximum atomic E-state index is 11.6. The van der Waals surface area contributed by atoms with Crippen molar-refractivity contribution in [3.63, 3.8) is 0 Å². The Labute approximate surface area is 97.6 Å². The van der Waals surface area contributed by atoms with Crippen molar-refractivity contribution in [3.8, 4) is 5.75 Å². The second-order valence-electron chi connectivity index (χ2n) is 3.73. The van der Waals surface area contributed by atoms with Crippen LogP contribution in [0.5, 0.6) is 5.75 Å². The number of aromatic nitrogens is 1. The molecule has 2 N–H and O–H groups in total. The van der Waals surface area contributed by atoms with E-state index in [1.807, 2.05) is 0 Å². The van der Waals surface area contributed by atoms with E-state index < -0.39 is 12.1 Å². The van der Waals surface area contributed by atoms with Gasteiger partial charge in [0.05, 0.1) is 0 Å². The number of carbonyl (C=O) groups excluding carboxylic acids is 1. The van der Waals surface area contributed by atoms with Crippen LogP contribution in [0.2, 0.25) is 0 Å². The number of fused-ring (bicyclic) bond motifs is 1. The van der Waals surface area contributed by atoms with Crippen molar-refractivity contribution in [1.29, 1.82) is 0 Å². The number of anilines is 1. The average Bonchev–Trinajstić information content (AvgIpc) is 2.29. The van der Waals surface area contributed by atoms with Crippen LogP contribution in [0.3, 0.4) is 0 Å². The number of carboxylic acids is 1. The van der Waals surface area contributed by atoms with Gasteiger partial charge < -0.3 is 15.2 Å². The average molecular weight is 236 g/mol. The molecular formula is C11H12N2O4. The van der Waals surface area contributed by atoms with Crippen molar-refractivity contribution in [2.75, 3.05) is 5.32 Å². The fourth-order valence-corrected chi connectivity index (χ4v) is 1.61. The summed E-state index contributed by atoms with van der Waals surface area (Å²) in [6.07, 6.45) is 1.75. The summed E-state index contributed by atoms with van der Waals surface area (Å²) in [7, 11) is 0. The summed E-state index contributed by atoms with van der Waals surface area (Å²) in [5.41, 5.74) is 0. The number of carbonyl (C=O) groups is 2. The van der Waals surface area contributed by atoms with Crippen molar-refractivity contribution in [2.24, 2.45) is 0 Å². The minimum absolute atomic E-state index is 0.0348. The van der Waals surface area contributed by atoms with Gasteiger partial charge in [0.1, 0.15) is 0 Å². The smallest absolute Gasteiger partial charge is 0.303 e. The predicted molar refractivity (Wildman–Crippen MR) is 58.8 cm³/mol. The van der Waals surface area contributed by atoms with Gasteiger partial charge in [0.15, 0.2) is 17.7 Å². The molecule has 0 saturated heterocycles. The number of aliphatic carboxylic acids is 1. The van der Waals surface area contributed by atoms with Crippen LogP contribution < -0.4 is 10.1 Å². The van der Waals surface area contributed by atoms with E-state index in [1.54, 1.807) is 18.3 Å². The third kappa shape index (κ3) is 2.72. The highest BCUT2D eigenvalue weighted by Gasteiger charge is 2.27. The van der Waals surface area contributed by atoms with Gasteiger partial charge in [-0.3, -0.25) is 9.59 Å². The molecular weight excluding hydrogens is 224 g/mol. The quantitative estimate of drug-likeness (QED) is 0.815. The van der Waals surface area contributed by atoms with Crippen molar-refractivity contribution < 1.29 is 19.4 Å². The Hall–Kier alpha value is -2.11. The first kappa shape index (κ1) is 11.4. The van der Waals surface area contributed by atoms with Crippen molar-refractivity contribution in [1.82, 2.24) is 4.98 Å². The van der Waals surface area contributed by atoms with Crippen LogP contribution in [-0.4, -0.2) is 28.1 Å². The number of nitrogens with one attached hydrogen (secondary N) is 1. The summed E-state index contributed by atoms with van der Waals surface area (Å²) in [4.78, 5) is 25.9. The molecule has 90 valence electrons. The first-order valence-electron chi connectivity index (χ1n) is 5.31. The molecule has 1 aliphatic heterocycles. The van der Waals surface area contributed by atoms with Crippen LogP contribution in [0.1, 0.15) is 19.3 Å². The zero-order chi connectivity index (χ0) is 12.3. The largest absolute Gasteiger partial charge is 0.481 e. The van der Waals surface area contributed by atoms with Crippen LogP contribution in [0, 0.1) is 0 Å². The molecule has 1 aromatic heterocycles. The minimum Gasteiger partial charge on any atom is -0.481 e. The third-order valence-electron chi connectivity index (χ3n) is 2.43. The number of pyridine rings is 1. The number of hydrogen-bond donors (Lipinski definition) is 2. The highest BCUT2D eigenvalue weighted by molar-refractivity contribution is 5.96. The summed E-state index contributed by atoms with van der Waals surface area (Å²) in [5, 5.41) is 11.1. The second-order valence-corrected chi connectivity index (χ2v) is 3.73. The molecule has 6 nitrogen and oxygen atoms in total. The Balaban J connectivity index is 1.98. The fraction of sp³-hybridized carbons (Fsp3) is 0.364. The summed E-state index contributed by atoms with van der Waals surface area (Å²) in [6.45, 7) is 0. The number of ether oxygens (including phenoxy) is 1. The SMILES string of the molecule is O=C(O)CCCC1Oc2cccnc2NC1=O. The van der Waals surface area contributed by atoms with Gasteiger partial charge in [-0.15, -0.1) is 0 Å². The molecule has 2 rings (SSSR count). The van der Waals surface area contributed by atoms with Crippen LogP contribution in [-0.2, 0) is 9.59 Å². The second kappa shape index (κ2) is 4.82. The number of nitrogens with zero attached hydrogens (tertiary/aromatic N) is 1. The van der Waals surface area contributed by atoms with Gasteiger partial charge >= 0.3 is 5.97 Å². The molecule has 0 radical (unpaired) electrons. The van der Waals surface area contributed by atoms with E-state index >= 15 is 0 Å². The number of carboxylic acid groups (broad SMARTS) is 1. The molecule has 1 amide bonds. The standard InChI is InChI=1S/C11H12N2O4/c14-9(15)5-1-3-8-11(16)13-10-7(17-8)4-2-6-12-10/h2,4,6,8H,1,3,5H2,(H,14,15)(H,12,13,16). The highest BCUT2D eigenvalue weighted by atomic mass is 16.5. The van der Waals surface area contributed by atoms with Gasteiger partial charge in [-0.1, -0.05) is 0 Å². The molecule has 1 atom stereocenters. The Kier molecular flexibility index (Phi) is 3.22. The Morgan fingerprint density at radius 2 is 2.41 bits per heavy atom. The Morgan fingerprint density at radius 1 is 1.59 bits per heavy atom. The molecule has 0 saturated carbocycles. The van der Waals surface area contributed by atoms with Crippen LogP contribution in [0.4, 0.5) is 5.82 Å². The van der Waals surface area contributed by atoms with E-state index in [0.717, 1.165) is 0 Å². The first-order valence-corrected chi connectivity index (χ1v) is 5.31. The molecule has 0 fully saturated rings. The van der Waals surface area contributed by atoms with E-state index in [2.05, 4.69) is 10.3 Å². The molecule has 2 heterocycles. The van der Waals surface area contributed by atoms with Crippen molar-refractivity contribution >= 4 is 17.7 Å². The highest BCUT2D eigenvalue weighted by Crippen LogP contribution is 2.27. The topological polar surface area (TPSA) is 88.5 Å². The monoisotopic (exact) mass is 236 g/mol. The fourth-order valence-electron chi connectivity index (χ4n) is 1.61. The van der Waals surface area contributed by atoms with Gasteiger partial charge in [0.25, 0.3) is 5.91 Å². The Morgan fingerprint density at radius 3 is 3.18 bits per heavy atom. The normalized spacial score (nSPS) is 17.9. The molecule has 1 aromatic rings. The van der Waals surface area contributed by atoms with Crippen LogP contribution in [0.15, 0.2) is 18.3 Å². The van der Waals surface area contributed by atoms with Gasteiger partial charge in [-0.05, 0) is 25.0 Å².